The third-order valence-corrected chi connectivity index (χ3v) is 2.69. The van der Waals surface area contributed by atoms with E-state index in [-0.39, 0.29) is 5.82 Å². The number of hydrogen-bond acceptors (Lipinski definition) is 2. The van der Waals surface area contributed by atoms with Crippen LogP contribution in [-0.4, -0.2) is 13.2 Å². The lowest BCUT2D eigenvalue weighted by Crippen LogP contribution is -2.02. The van der Waals surface area contributed by atoms with Crippen LogP contribution < -0.4 is 0 Å². The molecule has 0 unspecified atom stereocenters. The molecular weight excluding hydrogens is 286 g/mol. The molecule has 13 heavy (non-hydrogen) atoms. The summed E-state index contributed by atoms with van der Waals surface area (Å²) in [6, 6.07) is 5.20. The van der Waals surface area contributed by atoms with Gasteiger partial charge in [-0.15, -0.1) is 0 Å². The molecule has 1 fully saturated rings. The summed E-state index contributed by atoms with van der Waals surface area (Å²) < 4.78 is 24.5. The van der Waals surface area contributed by atoms with Crippen LogP contribution in [0.4, 0.5) is 4.39 Å². The van der Waals surface area contributed by atoms with Crippen molar-refractivity contribution in [3.8, 4) is 0 Å². The highest BCUT2D eigenvalue weighted by Crippen LogP contribution is 2.27. The van der Waals surface area contributed by atoms with E-state index in [1.807, 2.05) is 22.6 Å². The third-order valence-electron chi connectivity index (χ3n) is 1.86. The Hall–Kier alpha value is -0.200. The molecule has 4 heteroatoms. The van der Waals surface area contributed by atoms with E-state index in [1.165, 1.54) is 0 Å². The van der Waals surface area contributed by atoms with Crippen molar-refractivity contribution >= 4 is 22.6 Å². The van der Waals surface area contributed by atoms with Gasteiger partial charge in [0.25, 0.3) is 0 Å². The minimum Gasteiger partial charge on any atom is -0.346 e. The normalized spacial score (nSPS) is 18.0. The zero-order valence-electron chi connectivity index (χ0n) is 6.80. The fourth-order valence-corrected chi connectivity index (χ4v) is 1.76. The van der Waals surface area contributed by atoms with Gasteiger partial charge in [-0.3, -0.25) is 0 Å². The predicted molar refractivity (Wildman–Crippen MR) is 53.8 cm³/mol. The first kappa shape index (κ1) is 9.36. The summed E-state index contributed by atoms with van der Waals surface area (Å²) in [5, 5.41) is 0. The van der Waals surface area contributed by atoms with Gasteiger partial charge in [0.1, 0.15) is 5.82 Å². The largest absolute Gasteiger partial charge is 0.346 e. The van der Waals surface area contributed by atoms with Gasteiger partial charge < -0.3 is 9.47 Å². The van der Waals surface area contributed by atoms with E-state index in [0.717, 1.165) is 0 Å². The quantitative estimate of drug-likeness (QED) is 0.741. The standard InChI is InChI=1S/C9H8FIO2/c10-8-6(2-1-3-7(8)11)9-12-4-5-13-9/h1-3,9H,4-5H2. The Morgan fingerprint density at radius 1 is 1.31 bits per heavy atom. The van der Waals surface area contributed by atoms with Crippen LogP contribution in [0.3, 0.4) is 0 Å². The molecule has 0 spiro atoms. The zero-order chi connectivity index (χ0) is 9.26. The molecule has 2 rings (SSSR count). The van der Waals surface area contributed by atoms with Gasteiger partial charge in [-0.2, -0.15) is 0 Å². The van der Waals surface area contributed by atoms with Crippen LogP contribution in [0.25, 0.3) is 0 Å². The molecule has 0 amide bonds. The van der Waals surface area contributed by atoms with Crippen LogP contribution in [0, 0.1) is 9.39 Å². The number of benzene rings is 1. The first-order valence-corrected chi connectivity index (χ1v) is 5.04. The van der Waals surface area contributed by atoms with E-state index < -0.39 is 6.29 Å². The highest BCUT2D eigenvalue weighted by Gasteiger charge is 2.22. The van der Waals surface area contributed by atoms with Gasteiger partial charge in [-0.1, -0.05) is 12.1 Å². The zero-order valence-corrected chi connectivity index (χ0v) is 8.95. The molecule has 1 saturated heterocycles. The van der Waals surface area contributed by atoms with Gasteiger partial charge >= 0.3 is 0 Å². The Morgan fingerprint density at radius 2 is 2.00 bits per heavy atom. The highest BCUT2D eigenvalue weighted by atomic mass is 127. The summed E-state index contributed by atoms with van der Waals surface area (Å²) >= 11 is 1.95. The molecule has 70 valence electrons. The highest BCUT2D eigenvalue weighted by molar-refractivity contribution is 14.1. The van der Waals surface area contributed by atoms with E-state index in [4.69, 9.17) is 9.47 Å². The molecule has 1 heterocycles. The van der Waals surface area contributed by atoms with Gasteiger partial charge in [-0.25, -0.2) is 4.39 Å². The molecule has 0 atom stereocenters. The molecule has 1 aromatic carbocycles. The molecular formula is C9H8FIO2. The van der Waals surface area contributed by atoms with Gasteiger partial charge in [0.15, 0.2) is 6.29 Å². The average Bonchev–Trinajstić information content (AvgIpc) is 2.62. The van der Waals surface area contributed by atoms with Crippen LogP contribution in [0.15, 0.2) is 18.2 Å². The molecule has 0 saturated carbocycles. The fourth-order valence-electron chi connectivity index (χ4n) is 1.24. The van der Waals surface area contributed by atoms with Crippen molar-refractivity contribution in [2.24, 2.45) is 0 Å². The smallest absolute Gasteiger partial charge is 0.186 e. The van der Waals surface area contributed by atoms with Crippen LogP contribution >= 0.6 is 22.6 Å². The van der Waals surface area contributed by atoms with Crippen molar-refractivity contribution < 1.29 is 13.9 Å². The van der Waals surface area contributed by atoms with Crippen LogP contribution in [0.5, 0.6) is 0 Å². The maximum absolute atomic E-state index is 13.5. The van der Waals surface area contributed by atoms with Crippen LogP contribution in [-0.2, 0) is 9.47 Å². The Kier molecular flexibility index (Phi) is 2.80. The topological polar surface area (TPSA) is 18.5 Å². The molecule has 0 aromatic heterocycles. The van der Waals surface area contributed by atoms with Crippen molar-refractivity contribution in [2.45, 2.75) is 6.29 Å². The van der Waals surface area contributed by atoms with Gasteiger partial charge in [-0.05, 0) is 28.7 Å². The van der Waals surface area contributed by atoms with Crippen molar-refractivity contribution in [1.29, 1.82) is 0 Å². The number of halogens is 2. The monoisotopic (exact) mass is 294 g/mol. The summed E-state index contributed by atoms with van der Waals surface area (Å²) in [5.41, 5.74) is 0.490. The second-order valence-electron chi connectivity index (χ2n) is 2.72. The van der Waals surface area contributed by atoms with Crippen molar-refractivity contribution in [3.63, 3.8) is 0 Å². The fraction of sp³-hybridized carbons (Fsp3) is 0.333. The average molecular weight is 294 g/mol. The SMILES string of the molecule is Fc1c(I)cccc1C1OCCO1. The molecule has 0 N–H and O–H groups in total. The Bertz CT molecular complexity index is 310. The Morgan fingerprint density at radius 3 is 2.69 bits per heavy atom. The van der Waals surface area contributed by atoms with Gasteiger partial charge in [0.2, 0.25) is 0 Å². The molecule has 0 radical (unpaired) electrons. The molecule has 1 aromatic rings. The van der Waals surface area contributed by atoms with E-state index >= 15 is 0 Å². The predicted octanol–water partition coefficient (Wildman–Crippen LogP) is 2.48. The first-order valence-electron chi connectivity index (χ1n) is 3.96. The summed E-state index contributed by atoms with van der Waals surface area (Å²) in [6.07, 6.45) is -0.519. The lowest BCUT2D eigenvalue weighted by molar-refractivity contribution is -0.0465. The summed E-state index contributed by atoms with van der Waals surface area (Å²) in [5.74, 6) is -0.241. The summed E-state index contributed by atoms with van der Waals surface area (Å²) in [7, 11) is 0. The van der Waals surface area contributed by atoms with Gasteiger partial charge in [0, 0.05) is 9.13 Å². The molecule has 2 nitrogen and oxygen atoms in total. The summed E-state index contributed by atoms with van der Waals surface area (Å²) in [4.78, 5) is 0. The molecule has 0 bridgehead atoms. The molecule has 1 aliphatic rings. The van der Waals surface area contributed by atoms with E-state index in [9.17, 15) is 4.39 Å². The Labute approximate surface area is 89.2 Å². The maximum Gasteiger partial charge on any atom is 0.186 e. The second-order valence-corrected chi connectivity index (χ2v) is 3.88. The van der Waals surface area contributed by atoms with Crippen molar-refractivity contribution in [3.05, 3.63) is 33.1 Å². The van der Waals surface area contributed by atoms with E-state index in [1.54, 1.807) is 18.2 Å². The molecule has 0 aliphatic carbocycles. The summed E-state index contributed by atoms with van der Waals surface area (Å²) in [6.45, 7) is 1.07. The number of rotatable bonds is 1. The number of ether oxygens (including phenoxy) is 2. The first-order chi connectivity index (χ1) is 6.29. The Balaban J connectivity index is 2.33. The maximum atomic E-state index is 13.5. The molecule has 1 aliphatic heterocycles. The van der Waals surface area contributed by atoms with Gasteiger partial charge in [0.05, 0.1) is 13.2 Å². The second kappa shape index (κ2) is 3.89. The van der Waals surface area contributed by atoms with Crippen LogP contribution in [0.1, 0.15) is 11.9 Å². The third kappa shape index (κ3) is 1.84. The lowest BCUT2D eigenvalue weighted by Gasteiger charge is -2.10. The van der Waals surface area contributed by atoms with Crippen LogP contribution in [0.2, 0.25) is 0 Å². The number of hydrogen-bond donors (Lipinski definition) is 0. The van der Waals surface area contributed by atoms with E-state index in [2.05, 4.69) is 0 Å². The van der Waals surface area contributed by atoms with Crippen molar-refractivity contribution in [1.82, 2.24) is 0 Å². The van der Waals surface area contributed by atoms with Crippen molar-refractivity contribution in [2.75, 3.05) is 13.2 Å². The van der Waals surface area contributed by atoms with E-state index in [0.29, 0.717) is 22.3 Å². The lowest BCUT2D eigenvalue weighted by atomic mass is 10.2. The minimum absolute atomic E-state index is 0.241. The minimum atomic E-state index is -0.519.